The lowest BCUT2D eigenvalue weighted by molar-refractivity contribution is -0.132. The zero-order valence-electron chi connectivity index (χ0n) is 10.0. The van der Waals surface area contributed by atoms with Crippen LogP contribution in [0.3, 0.4) is 0 Å². The third-order valence-corrected chi connectivity index (χ3v) is 2.06. The molecular weight excluding hydrogens is 200 g/mol. The molecule has 0 atom stereocenters. The summed E-state index contributed by atoms with van der Waals surface area (Å²) < 4.78 is 0. The third kappa shape index (κ3) is 5.15. The number of carbonyl (C=O) groups is 1. The fourth-order valence-corrected chi connectivity index (χ4v) is 0.978. The maximum atomic E-state index is 10.6. The van der Waals surface area contributed by atoms with E-state index in [9.17, 15) is 4.79 Å². The third-order valence-electron chi connectivity index (χ3n) is 2.06. The molecule has 2 heteroatoms. The SMILES string of the molecule is C=CC(=C\C=C/C)/C(C)=C/C=C(\C)C(=O)O. The number of aliphatic carboxylic acids is 1. The van der Waals surface area contributed by atoms with Crippen LogP contribution in [0.5, 0.6) is 0 Å². The van der Waals surface area contributed by atoms with Crippen LogP contribution in [-0.2, 0) is 4.79 Å². The minimum absolute atomic E-state index is 0.314. The van der Waals surface area contributed by atoms with Crippen molar-refractivity contribution in [3.8, 4) is 0 Å². The van der Waals surface area contributed by atoms with Gasteiger partial charge in [0.15, 0.2) is 0 Å². The van der Waals surface area contributed by atoms with Gasteiger partial charge in [-0.2, -0.15) is 0 Å². The molecule has 86 valence electrons. The first-order chi connectivity index (χ1) is 7.52. The van der Waals surface area contributed by atoms with Crippen molar-refractivity contribution in [2.45, 2.75) is 20.8 Å². The molecule has 0 amide bonds. The van der Waals surface area contributed by atoms with Crippen LogP contribution >= 0.6 is 0 Å². The first-order valence-corrected chi connectivity index (χ1v) is 5.07. The lowest BCUT2D eigenvalue weighted by atomic mass is 10.1. The summed E-state index contributed by atoms with van der Waals surface area (Å²) in [5.41, 5.74) is 2.27. The Labute approximate surface area is 97.0 Å². The Hall–Kier alpha value is -1.83. The van der Waals surface area contributed by atoms with E-state index in [0.717, 1.165) is 11.1 Å². The highest BCUT2D eigenvalue weighted by molar-refractivity contribution is 5.86. The minimum Gasteiger partial charge on any atom is -0.478 e. The molecule has 0 spiro atoms. The predicted octanol–water partition coefficient (Wildman–Crippen LogP) is 3.65. The zero-order valence-corrected chi connectivity index (χ0v) is 10.0. The summed E-state index contributed by atoms with van der Waals surface area (Å²) in [7, 11) is 0. The van der Waals surface area contributed by atoms with Gasteiger partial charge >= 0.3 is 5.97 Å². The van der Waals surface area contributed by atoms with Gasteiger partial charge in [0.1, 0.15) is 0 Å². The van der Waals surface area contributed by atoms with E-state index >= 15 is 0 Å². The van der Waals surface area contributed by atoms with Gasteiger partial charge in [-0.15, -0.1) is 0 Å². The van der Waals surface area contributed by atoms with Gasteiger partial charge in [0.05, 0.1) is 0 Å². The molecule has 0 aromatic rings. The van der Waals surface area contributed by atoms with Crippen molar-refractivity contribution in [1.82, 2.24) is 0 Å². The van der Waals surface area contributed by atoms with Gasteiger partial charge < -0.3 is 5.11 Å². The molecule has 0 rings (SSSR count). The van der Waals surface area contributed by atoms with E-state index in [1.807, 2.05) is 32.1 Å². The lowest BCUT2D eigenvalue weighted by Crippen LogP contribution is -1.95. The van der Waals surface area contributed by atoms with Crippen LogP contribution in [0, 0.1) is 0 Å². The normalized spacial score (nSPS) is 14.3. The largest absolute Gasteiger partial charge is 0.478 e. The smallest absolute Gasteiger partial charge is 0.331 e. The van der Waals surface area contributed by atoms with Crippen molar-refractivity contribution in [2.24, 2.45) is 0 Å². The van der Waals surface area contributed by atoms with Crippen molar-refractivity contribution >= 4 is 5.97 Å². The van der Waals surface area contributed by atoms with Crippen LogP contribution < -0.4 is 0 Å². The summed E-state index contributed by atoms with van der Waals surface area (Å²) in [6.45, 7) is 9.14. The maximum Gasteiger partial charge on any atom is 0.331 e. The molecule has 0 unspecified atom stereocenters. The van der Waals surface area contributed by atoms with Gasteiger partial charge in [-0.05, 0) is 31.9 Å². The van der Waals surface area contributed by atoms with Crippen molar-refractivity contribution < 1.29 is 9.90 Å². The van der Waals surface area contributed by atoms with E-state index in [1.165, 1.54) is 0 Å². The number of hydrogen-bond acceptors (Lipinski definition) is 1. The first kappa shape index (κ1) is 14.2. The summed E-state index contributed by atoms with van der Waals surface area (Å²) in [5, 5.41) is 8.69. The highest BCUT2D eigenvalue weighted by atomic mass is 16.4. The molecule has 0 aliphatic carbocycles. The highest BCUT2D eigenvalue weighted by Gasteiger charge is 1.97. The monoisotopic (exact) mass is 218 g/mol. The Morgan fingerprint density at radius 2 is 1.69 bits per heavy atom. The van der Waals surface area contributed by atoms with E-state index in [0.29, 0.717) is 5.57 Å². The molecular formula is C14H18O2. The van der Waals surface area contributed by atoms with Gasteiger partial charge in [0.2, 0.25) is 0 Å². The van der Waals surface area contributed by atoms with Gasteiger partial charge in [-0.1, -0.05) is 43.0 Å². The van der Waals surface area contributed by atoms with Crippen LogP contribution in [0.2, 0.25) is 0 Å². The average Bonchev–Trinajstić information content (AvgIpc) is 2.26. The number of carboxylic acid groups (broad SMARTS) is 1. The quantitative estimate of drug-likeness (QED) is 0.565. The minimum atomic E-state index is -0.901. The van der Waals surface area contributed by atoms with E-state index < -0.39 is 5.97 Å². The van der Waals surface area contributed by atoms with Gasteiger partial charge in [0.25, 0.3) is 0 Å². The van der Waals surface area contributed by atoms with E-state index in [2.05, 4.69) is 6.58 Å². The topological polar surface area (TPSA) is 37.3 Å². The number of hydrogen-bond donors (Lipinski definition) is 1. The summed E-state index contributed by atoms with van der Waals surface area (Å²) in [5.74, 6) is -0.901. The van der Waals surface area contributed by atoms with Crippen LogP contribution in [0.4, 0.5) is 0 Å². The summed E-state index contributed by atoms with van der Waals surface area (Å²) in [6, 6.07) is 0. The molecule has 0 saturated heterocycles. The molecule has 0 aliphatic rings. The van der Waals surface area contributed by atoms with Gasteiger partial charge in [0, 0.05) is 5.57 Å². The molecule has 0 aromatic carbocycles. The predicted molar refractivity (Wildman–Crippen MR) is 68.2 cm³/mol. The second-order valence-electron chi connectivity index (χ2n) is 3.36. The van der Waals surface area contributed by atoms with E-state index in [1.54, 1.807) is 25.2 Å². The Morgan fingerprint density at radius 1 is 1.12 bits per heavy atom. The van der Waals surface area contributed by atoms with Crippen LogP contribution in [0.1, 0.15) is 20.8 Å². The Morgan fingerprint density at radius 3 is 2.12 bits per heavy atom. The molecule has 0 fully saturated rings. The van der Waals surface area contributed by atoms with Crippen LogP contribution in [-0.4, -0.2) is 11.1 Å². The molecule has 0 heterocycles. The van der Waals surface area contributed by atoms with Crippen molar-refractivity contribution in [3.63, 3.8) is 0 Å². The maximum absolute atomic E-state index is 10.6. The van der Waals surface area contributed by atoms with Gasteiger partial charge in [-0.3, -0.25) is 0 Å². The highest BCUT2D eigenvalue weighted by Crippen LogP contribution is 2.11. The Kier molecular flexibility index (Phi) is 6.61. The molecule has 0 bridgehead atoms. The molecule has 0 saturated carbocycles. The van der Waals surface area contributed by atoms with Crippen LogP contribution in [0.25, 0.3) is 0 Å². The second kappa shape index (κ2) is 7.46. The number of rotatable bonds is 5. The van der Waals surface area contributed by atoms with Crippen molar-refractivity contribution in [1.29, 1.82) is 0 Å². The molecule has 0 radical (unpaired) electrons. The molecule has 1 N–H and O–H groups in total. The summed E-state index contributed by atoms with van der Waals surface area (Å²) >= 11 is 0. The average molecular weight is 218 g/mol. The Balaban J connectivity index is 4.96. The lowest BCUT2D eigenvalue weighted by Gasteiger charge is -1.99. The Bertz CT molecular complexity index is 380. The number of allylic oxidation sites excluding steroid dienone is 8. The number of carboxylic acids is 1. The second-order valence-corrected chi connectivity index (χ2v) is 3.36. The molecule has 0 aliphatic heterocycles. The van der Waals surface area contributed by atoms with Crippen molar-refractivity contribution in [2.75, 3.05) is 0 Å². The summed E-state index contributed by atoms with van der Waals surface area (Å²) in [6.07, 6.45) is 10.9. The first-order valence-electron chi connectivity index (χ1n) is 5.07. The summed E-state index contributed by atoms with van der Waals surface area (Å²) in [4.78, 5) is 10.6. The molecule has 0 aromatic heterocycles. The van der Waals surface area contributed by atoms with Gasteiger partial charge in [-0.25, -0.2) is 4.79 Å². The van der Waals surface area contributed by atoms with Crippen LogP contribution in [0.15, 0.2) is 59.8 Å². The van der Waals surface area contributed by atoms with Crippen molar-refractivity contribution in [3.05, 3.63) is 59.8 Å². The fraction of sp³-hybridized carbons (Fsp3) is 0.214. The standard InChI is InChI=1S/C14H18O2/c1-5-7-8-13(6-2)11(3)9-10-12(4)14(15)16/h5-10H,2H2,1,3-4H3,(H,15,16)/b7-5-,11-9+,12-10+,13-8+. The fourth-order valence-electron chi connectivity index (χ4n) is 0.978. The van der Waals surface area contributed by atoms with E-state index in [4.69, 9.17) is 5.11 Å². The van der Waals surface area contributed by atoms with E-state index in [-0.39, 0.29) is 0 Å². The zero-order chi connectivity index (χ0) is 12.6. The molecule has 2 nitrogen and oxygen atoms in total. The molecule has 16 heavy (non-hydrogen) atoms.